The maximum atomic E-state index is 13.4. The molecule has 3 aromatic rings. The molecule has 2 aromatic heterocycles. The molecular weight excluding hydrogens is 302 g/mol. The second-order valence-electron chi connectivity index (χ2n) is 5.57. The number of hydrogen-bond donors (Lipinski definition) is 1. The minimum absolute atomic E-state index is 0.202. The lowest BCUT2D eigenvalue weighted by Crippen LogP contribution is -2.26. The molecule has 0 saturated carbocycles. The van der Waals surface area contributed by atoms with E-state index >= 15 is 0 Å². The third kappa shape index (κ3) is 2.36. The zero-order chi connectivity index (χ0) is 16.0. The van der Waals surface area contributed by atoms with Crippen molar-refractivity contribution in [2.45, 2.75) is 12.3 Å². The first-order valence-electron chi connectivity index (χ1n) is 7.23. The quantitative estimate of drug-likeness (QED) is 0.785. The molecule has 23 heavy (non-hydrogen) atoms. The molecule has 4 rings (SSSR count). The summed E-state index contributed by atoms with van der Waals surface area (Å²) < 4.78 is 28.5. The molecule has 0 atom stereocenters. The van der Waals surface area contributed by atoms with Crippen LogP contribution in [0, 0.1) is 0 Å². The number of aromatic nitrogens is 4. The Morgan fingerprint density at radius 2 is 1.91 bits per heavy atom. The number of benzene rings is 1. The number of fused-ring (bicyclic) bond motifs is 1. The van der Waals surface area contributed by atoms with Crippen LogP contribution in [0.4, 0.5) is 20.5 Å². The summed E-state index contributed by atoms with van der Waals surface area (Å²) in [6.45, 7) is -0.186. The molecule has 1 aliphatic rings. The van der Waals surface area contributed by atoms with Crippen LogP contribution in [0.3, 0.4) is 0 Å². The SMILES string of the molecule is Nc1nc(N2CCC(F)(F)C2)nc2c1cnn2-c1ccccc1. The van der Waals surface area contributed by atoms with Crippen molar-refractivity contribution < 1.29 is 8.78 Å². The first-order valence-corrected chi connectivity index (χ1v) is 7.23. The molecule has 6 nitrogen and oxygen atoms in total. The molecule has 1 aliphatic heterocycles. The van der Waals surface area contributed by atoms with Gasteiger partial charge in [0.25, 0.3) is 5.92 Å². The third-order valence-electron chi connectivity index (χ3n) is 3.90. The van der Waals surface area contributed by atoms with Crippen LogP contribution < -0.4 is 10.6 Å². The first-order chi connectivity index (χ1) is 11.0. The van der Waals surface area contributed by atoms with Gasteiger partial charge in [0, 0.05) is 13.0 Å². The van der Waals surface area contributed by atoms with Gasteiger partial charge in [-0.2, -0.15) is 15.1 Å². The second kappa shape index (κ2) is 4.87. The monoisotopic (exact) mass is 316 g/mol. The molecule has 2 N–H and O–H groups in total. The van der Waals surface area contributed by atoms with E-state index in [0.29, 0.717) is 11.0 Å². The number of para-hydroxylation sites is 1. The summed E-state index contributed by atoms with van der Waals surface area (Å²) in [5.41, 5.74) is 7.29. The normalized spacial score (nSPS) is 17.0. The Labute approximate surface area is 130 Å². The van der Waals surface area contributed by atoms with Gasteiger partial charge in [-0.1, -0.05) is 18.2 Å². The molecule has 1 saturated heterocycles. The summed E-state index contributed by atoms with van der Waals surface area (Å²) in [4.78, 5) is 10.0. The van der Waals surface area contributed by atoms with Crippen LogP contribution in [-0.4, -0.2) is 38.8 Å². The molecule has 0 spiro atoms. The van der Waals surface area contributed by atoms with Gasteiger partial charge < -0.3 is 10.6 Å². The Bertz CT molecular complexity index is 861. The van der Waals surface area contributed by atoms with Gasteiger partial charge >= 0.3 is 0 Å². The number of alkyl halides is 2. The van der Waals surface area contributed by atoms with E-state index < -0.39 is 12.5 Å². The van der Waals surface area contributed by atoms with Gasteiger partial charge in [-0.15, -0.1) is 0 Å². The van der Waals surface area contributed by atoms with Crippen molar-refractivity contribution >= 4 is 22.8 Å². The number of hydrogen-bond acceptors (Lipinski definition) is 5. The lowest BCUT2D eigenvalue weighted by Gasteiger charge is -2.16. The maximum absolute atomic E-state index is 13.4. The number of nitrogens with zero attached hydrogens (tertiary/aromatic N) is 5. The molecule has 0 unspecified atom stereocenters. The topological polar surface area (TPSA) is 72.9 Å². The summed E-state index contributed by atoms with van der Waals surface area (Å²) in [5.74, 6) is -2.26. The van der Waals surface area contributed by atoms with Crippen LogP contribution in [0.1, 0.15) is 6.42 Å². The van der Waals surface area contributed by atoms with Gasteiger partial charge in [0.15, 0.2) is 5.65 Å². The minimum atomic E-state index is -2.72. The van der Waals surface area contributed by atoms with Crippen molar-refractivity contribution in [3.63, 3.8) is 0 Å². The van der Waals surface area contributed by atoms with Crippen LogP contribution >= 0.6 is 0 Å². The van der Waals surface area contributed by atoms with E-state index in [9.17, 15) is 8.78 Å². The maximum Gasteiger partial charge on any atom is 0.267 e. The Morgan fingerprint density at radius 3 is 2.61 bits per heavy atom. The fourth-order valence-electron chi connectivity index (χ4n) is 2.72. The lowest BCUT2D eigenvalue weighted by atomic mass is 10.3. The number of rotatable bonds is 2. The number of halogens is 2. The average molecular weight is 316 g/mol. The van der Waals surface area contributed by atoms with E-state index in [1.54, 1.807) is 10.9 Å². The van der Waals surface area contributed by atoms with E-state index in [-0.39, 0.29) is 24.7 Å². The Morgan fingerprint density at radius 1 is 1.13 bits per heavy atom. The van der Waals surface area contributed by atoms with Crippen molar-refractivity contribution in [2.75, 3.05) is 23.7 Å². The molecule has 0 amide bonds. The highest BCUT2D eigenvalue weighted by molar-refractivity contribution is 5.87. The van der Waals surface area contributed by atoms with Gasteiger partial charge in [0.1, 0.15) is 5.82 Å². The summed E-state index contributed by atoms with van der Waals surface area (Å²) in [7, 11) is 0. The standard InChI is InChI=1S/C15H14F2N6/c16-15(17)6-7-22(9-15)14-20-12(18)11-8-19-23(13(11)21-14)10-4-2-1-3-5-10/h1-5,8H,6-7,9H2,(H2,18,20,21). The molecule has 1 fully saturated rings. The van der Waals surface area contributed by atoms with Crippen molar-refractivity contribution in [3.8, 4) is 5.69 Å². The van der Waals surface area contributed by atoms with Crippen molar-refractivity contribution in [1.82, 2.24) is 19.7 Å². The molecule has 8 heteroatoms. The Balaban J connectivity index is 1.83. The average Bonchev–Trinajstić information content (AvgIpc) is 3.11. The van der Waals surface area contributed by atoms with Gasteiger partial charge in [0.2, 0.25) is 5.95 Å². The van der Waals surface area contributed by atoms with E-state index in [1.165, 1.54) is 4.90 Å². The smallest absolute Gasteiger partial charge is 0.267 e. The highest BCUT2D eigenvalue weighted by Crippen LogP contribution is 2.31. The fraction of sp³-hybridized carbons (Fsp3) is 0.267. The molecule has 118 valence electrons. The summed E-state index contributed by atoms with van der Waals surface area (Å²) in [5, 5.41) is 4.89. The van der Waals surface area contributed by atoms with E-state index in [0.717, 1.165) is 5.69 Å². The first kappa shape index (κ1) is 13.9. The van der Waals surface area contributed by atoms with Crippen LogP contribution in [0.25, 0.3) is 16.7 Å². The van der Waals surface area contributed by atoms with Gasteiger partial charge in [-0.25, -0.2) is 13.5 Å². The molecule has 0 bridgehead atoms. The lowest BCUT2D eigenvalue weighted by molar-refractivity contribution is 0.0256. The highest BCUT2D eigenvalue weighted by Gasteiger charge is 2.39. The number of nitrogen functional groups attached to an aromatic ring is 1. The molecule has 1 aromatic carbocycles. The molecule has 0 aliphatic carbocycles. The molecule has 3 heterocycles. The predicted octanol–water partition coefficient (Wildman–Crippen LogP) is 2.24. The zero-order valence-electron chi connectivity index (χ0n) is 12.2. The fourth-order valence-corrected chi connectivity index (χ4v) is 2.72. The Kier molecular flexibility index (Phi) is 2.93. The minimum Gasteiger partial charge on any atom is -0.383 e. The van der Waals surface area contributed by atoms with Gasteiger partial charge in [0.05, 0.1) is 23.8 Å². The summed E-state index contributed by atoms with van der Waals surface area (Å²) >= 11 is 0. The second-order valence-corrected chi connectivity index (χ2v) is 5.57. The summed E-state index contributed by atoms with van der Waals surface area (Å²) in [6, 6.07) is 9.43. The highest BCUT2D eigenvalue weighted by atomic mass is 19.3. The zero-order valence-corrected chi connectivity index (χ0v) is 12.2. The molecular formula is C15H14F2N6. The molecule has 0 radical (unpaired) electrons. The van der Waals surface area contributed by atoms with Crippen molar-refractivity contribution in [3.05, 3.63) is 36.5 Å². The van der Waals surface area contributed by atoms with Crippen LogP contribution in [-0.2, 0) is 0 Å². The van der Waals surface area contributed by atoms with E-state index in [1.807, 2.05) is 30.3 Å². The van der Waals surface area contributed by atoms with Crippen LogP contribution in [0.15, 0.2) is 36.5 Å². The number of nitrogens with two attached hydrogens (primary N) is 1. The largest absolute Gasteiger partial charge is 0.383 e. The third-order valence-corrected chi connectivity index (χ3v) is 3.90. The van der Waals surface area contributed by atoms with Crippen LogP contribution in [0.2, 0.25) is 0 Å². The number of anilines is 2. The van der Waals surface area contributed by atoms with Crippen molar-refractivity contribution in [1.29, 1.82) is 0 Å². The van der Waals surface area contributed by atoms with Crippen LogP contribution in [0.5, 0.6) is 0 Å². The van der Waals surface area contributed by atoms with Gasteiger partial charge in [-0.3, -0.25) is 0 Å². The summed E-state index contributed by atoms with van der Waals surface area (Å²) in [6.07, 6.45) is 1.38. The van der Waals surface area contributed by atoms with E-state index in [4.69, 9.17) is 5.73 Å². The van der Waals surface area contributed by atoms with E-state index in [2.05, 4.69) is 15.1 Å². The van der Waals surface area contributed by atoms with Crippen molar-refractivity contribution in [2.24, 2.45) is 0 Å². The van der Waals surface area contributed by atoms with Gasteiger partial charge in [-0.05, 0) is 12.1 Å². The Hall–Kier alpha value is -2.77. The predicted molar refractivity (Wildman–Crippen MR) is 82.8 cm³/mol.